The number of aromatic nitrogens is 2. The van der Waals surface area contributed by atoms with Gasteiger partial charge >= 0.3 is 0 Å². The fourth-order valence-electron chi connectivity index (χ4n) is 1.13. The predicted octanol–water partition coefficient (Wildman–Crippen LogP) is 0.831. The molecule has 2 aromatic rings. The van der Waals surface area contributed by atoms with Crippen molar-refractivity contribution in [3.05, 3.63) is 24.1 Å². The molecular weight excluding hydrogens is 170 g/mol. The highest BCUT2D eigenvalue weighted by atomic mass is 16.5. The molecule has 2 N–H and O–H groups in total. The van der Waals surface area contributed by atoms with Crippen LogP contribution in [0.5, 0.6) is 0 Å². The number of rotatable bonds is 3. The Hall–Kier alpha value is -1.62. The minimum Gasteiger partial charge on any atom is -0.364 e. The summed E-state index contributed by atoms with van der Waals surface area (Å²) in [6.07, 6.45) is 3.87. The third kappa shape index (κ3) is 1.46. The SMILES string of the molecule is NCCc1cnoc1-c1ccon1. The average molecular weight is 179 g/mol. The first-order chi connectivity index (χ1) is 6.42. The molecule has 13 heavy (non-hydrogen) atoms. The van der Waals surface area contributed by atoms with E-state index < -0.39 is 0 Å². The molecule has 0 aliphatic heterocycles. The molecule has 0 radical (unpaired) electrons. The van der Waals surface area contributed by atoms with Crippen molar-refractivity contribution in [2.75, 3.05) is 6.54 Å². The van der Waals surface area contributed by atoms with Gasteiger partial charge in [-0.3, -0.25) is 0 Å². The first kappa shape index (κ1) is 8.00. The molecule has 0 aliphatic carbocycles. The molecular formula is C8H9N3O2. The van der Waals surface area contributed by atoms with E-state index in [0.717, 1.165) is 12.0 Å². The van der Waals surface area contributed by atoms with Crippen LogP contribution in [0.3, 0.4) is 0 Å². The molecule has 0 amide bonds. The zero-order valence-corrected chi connectivity index (χ0v) is 6.93. The van der Waals surface area contributed by atoms with E-state index in [4.69, 9.17) is 14.8 Å². The smallest absolute Gasteiger partial charge is 0.191 e. The van der Waals surface area contributed by atoms with Crippen LogP contribution in [0.1, 0.15) is 5.56 Å². The lowest BCUT2D eigenvalue weighted by molar-refractivity contribution is 0.405. The van der Waals surface area contributed by atoms with Crippen LogP contribution in [-0.4, -0.2) is 16.9 Å². The predicted molar refractivity (Wildman–Crippen MR) is 44.8 cm³/mol. The van der Waals surface area contributed by atoms with E-state index in [2.05, 4.69) is 10.3 Å². The number of nitrogens with zero attached hydrogens (tertiary/aromatic N) is 2. The molecule has 0 aromatic carbocycles. The summed E-state index contributed by atoms with van der Waals surface area (Å²) in [6, 6.07) is 1.72. The first-order valence-electron chi connectivity index (χ1n) is 3.96. The van der Waals surface area contributed by atoms with Gasteiger partial charge in [0.2, 0.25) is 0 Å². The van der Waals surface area contributed by atoms with Crippen molar-refractivity contribution >= 4 is 0 Å². The lowest BCUT2D eigenvalue weighted by Crippen LogP contribution is -2.02. The normalized spacial score (nSPS) is 10.5. The van der Waals surface area contributed by atoms with Crippen LogP contribution >= 0.6 is 0 Å². The topological polar surface area (TPSA) is 78.1 Å². The first-order valence-corrected chi connectivity index (χ1v) is 3.96. The fraction of sp³-hybridized carbons (Fsp3) is 0.250. The van der Waals surface area contributed by atoms with Gasteiger partial charge < -0.3 is 14.8 Å². The minimum atomic E-state index is 0.562. The van der Waals surface area contributed by atoms with Crippen LogP contribution in [0.25, 0.3) is 11.5 Å². The summed E-state index contributed by atoms with van der Waals surface area (Å²) in [5.41, 5.74) is 7.04. The van der Waals surface area contributed by atoms with Crippen LogP contribution in [0.15, 0.2) is 27.6 Å². The zero-order valence-electron chi connectivity index (χ0n) is 6.93. The standard InChI is InChI=1S/C8H9N3O2/c9-3-1-6-5-10-13-8(6)7-2-4-12-11-7/h2,4-5H,1,3,9H2. The van der Waals surface area contributed by atoms with Crippen LogP contribution in [0.4, 0.5) is 0 Å². The second-order valence-corrected chi connectivity index (χ2v) is 2.60. The van der Waals surface area contributed by atoms with E-state index in [1.54, 1.807) is 12.3 Å². The Morgan fingerprint density at radius 2 is 2.38 bits per heavy atom. The van der Waals surface area contributed by atoms with Crippen LogP contribution < -0.4 is 5.73 Å². The lowest BCUT2D eigenvalue weighted by atomic mass is 10.1. The van der Waals surface area contributed by atoms with Gasteiger partial charge in [-0.1, -0.05) is 10.3 Å². The molecule has 0 fully saturated rings. The molecule has 0 saturated heterocycles. The van der Waals surface area contributed by atoms with E-state index in [9.17, 15) is 0 Å². The Morgan fingerprint density at radius 1 is 1.46 bits per heavy atom. The van der Waals surface area contributed by atoms with Crippen molar-refractivity contribution in [2.24, 2.45) is 5.73 Å². The van der Waals surface area contributed by atoms with Crippen molar-refractivity contribution in [3.8, 4) is 11.5 Å². The Balaban J connectivity index is 2.35. The number of nitrogens with two attached hydrogens (primary N) is 1. The Labute approximate surface area is 74.5 Å². The quantitative estimate of drug-likeness (QED) is 0.755. The molecule has 0 saturated carbocycles. The second kappa shape index (κ2) is 3.40. The molecule has 5 heteroatoms. The lowest BCUT2D eigenvalue weighted by Gasteiger charge is -1.93. The van der Waals surface area contributed by atoms with Gasteiger partial charge in [-0.15, -0.1) is 0 Å². The third-order valence-corrected chi connectivity index (χ3v) is 1.73. The molecule has 0 atom stereocenters. The Morgan fingerprint density at radius 3 is 3.08 bits per heavy atom. The van der Waals surface area contributed by atoms with Gasteiger partial charge in [0.25, 0.3) is 0 Å². The molecule has 2 heterocycles. The largest absolute Gasteiger partial charge is 0.364 e. The van der Waals surface area contributed by atoms with Gasteiger partial charge in [0, 0.05) is 11.6 Å². The molecule has 0 unspecified atom stereocenters. The summed E-state index contributed by atoms with van der Waals surface area (Å²) in [7, 11) is 0. The van der Waals surface area contributed by atoms with E-state index in [1.165, 1.54) is 6.26 Å². The fourth-order valence-corrected chi connectivity index (χ4v) is 1.13. The summed E-state index contributed by atoms with van der Waals surface area (Å²) < 4.78 is 9.74. The highest BCUT2D eigenvalue weighted by Crippen LogP contribution is 2.21. The third-order valence-electron chi connectivity index (χ3n) is 1.73. The van der Waals surface area contributed by atoms with E-state index in [0.29, 0.717) is 18.0 Å². The Bertz CT molecular complexity index is 366. The zero-order chi connectivity index (χ0) is 9.10. The average Bonchev–Trinajstić information content (AvgIpc) is 2.71. The number of hydrogen-bond donors (Lipinski definition) is 1. The highest BCUT2D eigenvalue weighted by molar-refractivity contribution is 5.54. The second-order valence-electron chi connectivity index (χ2n) is 2.60. The van der Waals surface area contributed by atoms with Gasteiger partial charge in [0.05, 0.1) is 6.20 Å². The van der Waals surface area contributed by atoms with E-state index >= 15 is 0 Å². The molecule has 2 rings (SSSR count). The molecule has 68 valence electrons. The van der Waals surface area contributed by atoms with Crippen molar-refractivity contribution in [1.82, 2.24) is 10.3 Å². The van der Waals surface area contributed by atoms with Crippen molar-refractivity contribution < 1.29 is 9.05 Å². The van der Waals surface area contributed by atoms with Gasteiger partial charge in [0.15, 0.2) is 11.5 Å². The summed E-state index contributed by atoms with van der Waals surface area (Å²) in [6.45, 7) is 0.562. The summed E-state index contributed by atoms with van der Waals surface area (Å²) in [5, 5.41) is 7.44. The molecule has 0 bridgehead atoms. The van der Waals surface area contributed by atoms with Crippen LogP contribution in [-0.2, 0) is 6.42 Å². The summed E-state index contributed by atoms with van der Waals surface area (Å²) in [4.78, 5) is 0. The summed E-state index contributed by atoms with van der Waals surface area (Å²) in [5.74, 6) is 0.638. The molecule has 0 aliphatic rings. The molecule has 2 aromatic heterocycles. The van der Waals surface area contributed by atoms with Crippen molar-refractivity contribution in [1.29, 1.82) is 0 Å². The maximum atomic E-state index is 5.43. The van der Waals surface area contributed by atoms with Gasteiger partial charge in [0.1, 0.15) is 6.26 Å². The molecule has 0 spiro atoms. The van der Waals surface area contributed by atoms with Gasteiger partial charge in [-0.25, -0.2) is 0 Å². The summed E-state index contributed by atoms with van der Waals surface area (Å²) >= 11 is 0. The maximum absolute atomic E-state index is 5.43. The maximum Gasteiger partial charge on any atom is 0.191 e. The number of hydrogen-bond acceptors (Lipinski definition) is 5. The van der Waals surface area contributed by atoms with Crippen molar-refractivity contribution in [3.63, 3.8) is 0 Å². The minimum absolute atomic E-state index is 0.562. The highest BCUT2D eigenvalue weighted by Gasteiger charge is 2.12. The molecule has 5 nitrogen and oxygen atoms in total. The van der Waals surface area contributed by atoms with Crippen molar-refractivity contribution in [2.45, 2.75) is 6.42 Å². The van der Waals surface area contributed by atoms with Gasteiger partial charge in [-0.05, 0) is 13.0 Å². The van der Waals surface area contributed by atoms with Crippen LogP contribution in [0, 0.1) is 0 Å². The van der Waals surface area contributed by atoms with Crippen LogP contribution in [0.2, 0.25) is 0 Å². The van der Waals surface area contributed by atoms with Gasteiger partial charge in [-0.2, -0.15) is 0 Å². The Kier molecular flexibility index (Phi) is 2.09. The monoisotopic (exact) mass is 179 g/mol. The van der Waals surface area contributed by atoms with E-state index in [-0.39, 0.29) is 0 Å². The van der Waals surface area contributed by atoms with E-state index in [1.807, 2.05) is 0 Å².